The standard InChI is InChI=1S/C53H64N2O16S2/c1-30-34(67-47(62)42(40(32-18-11-9-12-19-32)55-48(63)71-49(3,4)5)68-38(58)28-65-24-17-25-72-73-37-22-15-16-23-54-37)27-53(64)45(69-46(61)33-20-13-10-14-21-33)43-51(8,44(60)41(59)39(30)50(53,6)7)35(57)26-36-52(43,29-66-36)70-31(2)56/h9-16,18-23,34-36,40,42-45,57,60,64H,17,24-29H2,1-8H3,(H,55,63)/t34-,35-,36+,40-,42+,43-,44?,45-,51+,52-,53+/m0/s1. The van der Waals surface area contributed by atoms with Crippen molar-refractivity contribution >= 4 is 57.3 Å². The van der Waals surface area contributed by atoms with Crippen molar-refractivity contribution in [1.29, 1.82) is 0 Å². The molecule has 3 fully saturated rings. The van der Waals surface area contributed by atoms with Crippen molar-refractivity contribution in [1.82, 2.24) is 10.3 Å². The van der Waals surface area contributed by atoms with Crippen LogP contribution in [0.15, 0.2) is 101 Å². The third kappa shape index (κ3) is 11.4. The molecule has 2 aromatic carbocycles. The number of alkyl carbamates (subject to hydrolysis) is 1. The average Bonchev–Trinajstić information content (AvgIpc) is 3.33. The second-order valence-electron chi connectivity index (χ2n) is 20.6. The van der Waals surface area contributed by atoms with Crippen LogP contribution >= 0.6 is 21.6 Å². The van der Waals surface area contributed by atoms with Crippen molar-refractivity contribution in [3.05, 3.63) is 107 Å². The Balaban J connectivity index is 1.27. The summed E-state index contributed by atoms with van der Waals surface area (Å²) in [5.74, 6) is -5.78. The highest BCUT2D eigenvalue weighted by Gasteiger charge is 2.78. The number of aliphatic hydroxyl groups is 3. The predicted octanol–water partition coefficient (Wildman–Crippen LogP) is 6.05. The van der Waals surface area contributed by atoms with E-state index in [1.165, 1.54) is 50.6 Å². The highest BCUT2D eigenvalue weighted by molar-refractivity contribution is 8.76. The number of esters is 4. The number of aliphatic hydroxyl groups excluding tert-OH is 2. The maximum absolute atomic E-state index is 15.2. The first kappa shape index (κ1) is 55.4. The number of nitrogens with zero attached hydrogens (tertiary/aromatic N) is 1. The Morgan fingerprint density at radius 2 is 1.62 bits per heavy atom. The number of aromatic nitrogens is 1. The zero-order chi connectivity index (χ0) is 53.1. The number of carbonyl (C=O) groups is 6. The van der Waals surface area contributed by atoms with E-state index in [-0.39, 0.29) is 36.3 Å². The van der Waals surface area contributed by atoms with Gasteiger partial charge in [-0.1, -0.05) is 86.2 Å². The molecule has 3 aliphatic carbocycles. The number of pyridine rings is 1. The Morgan fingerprint density at radius 3 is 2.23 bits per heavy atom. The van der Waals surface area contributed by atoms with Gasteiger partial charge in [-0.3, -0.25) is 9.59 Å². The van der Waals surface area contributed by atoms with Gasteiger partial charge in [-0.2, -0.15) is 0 Å². The molecular weight excluding hydrogens is 985 g/mol. The van der Waals surface area contributed by atoms with Gasteiger partial charge in [0.05, 0.1) is 24.2 Å². The van der Waals surface area contributed by atoms with Gasteiger partial charge in [0.15, 0.2) is 11.4 Å². The summed E-state index contributed by atoms with van der Waals surface area (Å²) in [6, 6.07) is 20.1. The summed E-state index contributed by atoms with van der Waals surface area (Å²) in [5, 5.41) is 41.8. The van der Waals surface area contributed by atoms with Gasteiger partial charge in [0.2, 0.25) is 6.10 Å². The van der Waals surface area contributed by atoms with Gasteiger partial charge in [0, 0.05) is 54.7 Å². The summed E-state index contributed by atoms with van der Waals surface area (Å²) < 4.78 is 41.8. The Labute approximate surface area is 432 Å². The van der Waals surface area contributed by atoms with Crippen LogP contribution in [0.2, 0.25) is 0 Å². The molecule has 4 aliphatic rings. The summed E-state index contributed by atoms with van der Waals surface area (Å²) >= 11 is 0. The minimum Gasteiger partial charge on any atom is -0.455 e. The second-order valence-corrected chi connectivity index (χ2v) is 23.0. The first-order valence-electron chi connectivity index (χ1n) is 24.1. The van der Waals surface area contributed by atoms with E-state index in [0.717, 1.165) is 11.9 Å². The van der Waals surface area contributed by atoms with Gasteiger partial charge in [0.25, 0.3) is 0 Å². The van der Waals surface area contributed by atoms with E-state index in [0.29, 0.717) is 17.7 Å². The van der Waals surface area contributed by atoms with E-state index < -0.39 is 125 Å². The molecule has 1 aliphatic heterocycles. The van der Waals surface area contributed by atoms with E-state index in [1.807, 2.05) is 18.2 Å². The monoisotopic (exact) mass is 1050 g/mol. The summed E-state index contributed by atoms with van der Waals surface area (Å²) in [5.41, 5.74) is -8.68. The molecule has 1 amide bonds. The van der Waals surface area contributed by atoms with Crippen LogP contribution < -0.4 is 5.32 Å². The number of benzene rings is 2. The molecule has 11 atom stereocenters. The molecule has 1 saturated heterocycles. The van der Waals surface area contributed by atoms with Crippen molar-refractivity contribution in [2.45, 2.75) is 139 Å². The average molecular weight is 1050 g/mol. The molecule has 20 heteroatoms. The number of fused-ring (bicyclic) bond motifs is 5. The quantitative estimate of drug-likeness (QED) is 0.0519. The third-order valence-corrected chi connectivity index (χ3v) is 16.7. The van der Waals surface area contributed by atoms with Crippen LogP contribution in [0.25, 0.3) is 0 Å². The van der Waals surface area contributed by atoms with E-state index >= 15 is 9.59 Å². The van der Waals surface area contributed by atoms with Crippen LogP contribution in [0.1, 0.15) is 96.6 Å². The summed E-state index contributed by atoms with van der Waals surface area (Å²) in [6.07, 6.45) is -9.54. The van der Waals surface area contributed by atoms with Crippen LogP contribution in [-0.2, 0) is 52.3 Å². The van der Waals surface area contributed by atoms with Crippen LogP contribution in [0.5, 0.6) is 0 Å². The fraction of sp³-hybridized carbons (Fsp3) is 0.528. The highest BCUT2D eigenvalue weighted by atomic mass is 33.1. The van der Waals surface area contributed by atoms with E-state index in [4.69, 9.17) is 33.2 Å². The first-order chi connectivity index (χ1) is 34.4. The lowest BCUT2D eigenvalue weighted by Gasteiger charge is -2.68. The van der Waals surface area contributed by atoms with Crippen LogP contribution in [-0.4, -0.2) is 135 Å². The molecular formula is C53H64N2O16S2. The molecule has 0 radical (unpaired) electrons. The third-order valence-electron chi connectivity index (χ3n) is 14.3. The molecule has 1 aromatic heterocycles. The Bertz CT molecular complexity index is 2540. The fourth-order valence-corrected chi connectivity index (χ4v) is 12.6. The molecule has 2 bridgehead atoms. The van der Waals surface area contributed by atoms with Crippen molar-refractivity contribution in [2.75, 3.05) is 25.6 Å². The Kier molecular flexibility index (Phi) is 16.9. The van der Waals surface area contributed by atoms with Crippen molar-refractivity contribution in [3.8, 4) is 0 Å². The number of amides is 1. The number of rotatable bonds is 17. The molecule has 2 heterocycles. The summed E-state index contributed by atoms with van der Waals surface area (Å²) in [4.78, 5) is 89.3. The van der Waals surface area contributed by atoms with Gasteiger partial charge >= 0.3 is 30.0 Å². The summed E-state index contributed by atoms with van der Waals surface area (Å²) in [6.45, 7) is 11.3. The van der Waals surface area contributed by atoms with Crippen LogP contribution in [0.3, 0.4) is 0 Å². The molecule has 7 rings (SSSR count). The Morgan fingerprint density at radius 1 is 0.945 bits per heavy atom. The lowest BCUT2D eigenvalue weighted by Crippen LogP contribution is -2.82. The molecule has 394 valence electrons. The molecule has 1 unspecified atom stereocenters. The Hall–Kier alpha value is -5.35. The zero-order valence-corrected chi connectivity index (χ0v) is 43.7. The van der Waals surface area contributed by atoms with Gasteiger partial charge in [-0.15, -0.1) is 0 Å². The first-order valence-corrected chi connectivity index (χ1v) is 26.4. The topological polar surface area (TPSA) is 253 Å². The van der Waals surface area contributed by atoms with Crippen LogP contribution in [0.4, 0.5) is 4.79 Å². The van der Waals surface area contributed by atoms with Gasteiger partial charge in [-0.25, -0.2) is 24.2 Å². The maximum Gasteiger partial charge on any atom is 0.408 e. The predicted molar refractivity (Wildman–Crippen MR) is 265 cm³/mol. The van der Waals surface area contributed by atoms with Gasteiger partial charge in [-0.05, 0) is 80.3 Å². The lowest BCUT2D eigenvalue weighted by atomic mass is 9.44. The van der Waals surface area contributed by atoms with Crippen molar-refractivity contribution in [2.24, 2.45) is 16.7 Å². The van der Waals surface area contributed by atoms with Crippen LogP contribution in [0, 0.1) is 16.7 Å². The maximum atomic E-state index is 15.2. The SMILES string of the molecule is CC(=O)O[C@@]12CO[C@@H]1C[C@H](O)[C@@]1(C)C(O)C(=O)C3=C(C)[C@@H](OC(=O)[C@H](OC(=O)COCCCSSc4ccccn4)[C@@H](NC(=O)OC(C)(C)C)c4ccccc4)C[C@@](O)([C@@H](OC(=O)c4ccccc4)[C@H]21)C3(C)C. The number of hydrogen-bond acceptors (Lipinski definition) is 19. The largest absolute Gasteiger partial charge is 0.455 e. The van der Waals surface area contributed by atoms with Gasteiger partial charge < -0.3 is 53.8 Å². The normalized spacial score (nSPS) is 29.1. The summed E-state index contributed by atoms with van der Waals surface area (Å²) in [7, 11) is 3.05. The van der Waals surface area contributed by atoms with Crippen molar-refractivity contribution < 1.29 is 77.2 Å². The molecule has 2 saturated carbocycles. The minimum absolute atomic E-state index is 0.0610. The number of carbonyl (C=O) groups excluding carboxylic acids is 6. The number of nitrogens with one attached hydrogen (secondary N) is 1. The fourth-order valence-electron chi connectivity index (χ4n) is 10.7. The van der Waals surface area contributed by atoms with E-state index in [9.17, 15) is 34.5 Å². The molecule has 73 heavy (non-hydrogen) atoms. The number of ketones is 1. The van der Waals surface area contributed by atoms with Crippen molar-refractivity contribution in [3.63, 3.8) is 0 Å². The number of Topliss-reactive ketones (excluding diaryl/α,β-unsaturated/α-hetero) is 1. The number of ether oxygens (including phenoxy) is 7. The van der Waals surface area contributed by atoms with Gasteiger partial charge in [0.1, 0.15) is 53.3 Å². The van der Waals surface area contributed by atoms with E-state index in [2.05, 4.69) is 10.3 Å². The molecule has 18 nitrogen and oxygen atoms in total. The number of hydrogen-bond donors (Lipinski definition) is 4. The van der Waals surface area contributed by atoms with E-state index in [1.54, 1.807) is 86.3 Å². The second kappa shape index (κ2) is 22.2. The minimum atomic E-state index is -2.45. The highest BCUT2D eigenvalue weighted by Crippen LogP contribution is 2.64. The molecule has 4 N–H and O–H groups in total. The smallest absolute Gasteiger partial charge is 0.408 e. The zero-order valence-electron chi connectivity index (χ0n) is 42.1. The molecule has 3 aromatic rings. The molecule has 0 spiro atoms. The lowest BCUT2D eigenvalue weighted by molar-refractivity contribution is -0.357.